The van der Waals surface area contributed by atoms with Crippen molar-refractivity contribution in [1.29, 1.82) is 0 Å². The molecule has 9 nitrogen and oxygen atoms in total. The molecule has 2 fully saturated rings. The number of nitro groups is 1. The lowest BCUT2D eigenvalue weighted by Crippen LogP contribution is -2.50. The number of nitro benzene ring substituents is 1. The van der Waals surface area contributed by atoms with Gasteiger partial charge in [-0.15, -0.1) is 0 Å². The minimum Gasteiger partial charge on any atom is -0.352 e. The van der Waals surface area contributed by atoms with Gasteiger partial charge < -0.3 is 11.1 Å². The van der Waals surface area contributed by atoms with Crippen LogP contribution in [-0.2, 0) is 14.8 Å². The molecular formula is C17H24N4O5S. The van der Waals surface area contributed by atoms with E-state index >= 15 is 0 Å². The normalized spacial score (nSPS) is 26.6. The van der Waals surface area contributed by atoms with Gasteiger partial charge in [0.1, 0.15) is 6.04 Å². The van der Waals surface area contributed by atoms with Gasteiger partial charge in [0.2, 0.25) is 15.9 Å². The molecule has 0 bridgehead atoms. The SMILES string of the molecule is NC1CCC(NC(=O)C2CCCN2S(=O)(=O)c2cccc([N+](=O)[O-])c2)CC1. The van der Waals surface area contributed by atoms with Gasteiger partial charge >= 0.3 is 0 Å². The summed E-state index contributed by atoms with van der Waals surface area (Å²) in [6.07, 6.45) is 4.26. The Kier molecular flexibility index (Phi) is 5.78. The molecule has 1 aromatic rings. The molecule has 1 aliphatic carbocycles. The second-order valence-corrected chi connectivity index (χ2v) is 9.04. The van der Waals surface area contributed by atoms with E-state index in [0.29, 0.717) is 12.8 Å². The number of nitrogens with two attached hydrogens (primary N) is 1. The molecule has 0 aromatic heterocycles. The second kappa shape index (κ2) is 7.91. The number of hydrogen-bond acceptors (Lipinski definition) is 6. The van der Waals surface area contributed by atoms with Crippen LogP contribution in [0.4, 0.5) is 5.69 Å². The first-order valence-electron chi connectivity index (χ1n) is 9.11. The highest BCUT2D eigenvalue weighted by molar-refractivity contribution is 7.89. The van der Waals surface area contributed by atoms with E-state index < -0.39 is 21.0 Å². The molecule has 0 radical (unpaired) electrons. The molecule has 1 aliphatic heterocycles. The van der Waals surface area contributed by atoms with Gasteiger partial charge in [-0.2, -0.15) is 4.31 Å². The number of non-ortho nitro benzene ring substituents is 1. The van der Waals surface area contributed by atoms with Crippen molar-refractivity contribution in [3.63, 3.8) is 0 Å². The zero-order valence-corrected chi connectivity index (χ0v) is 15.7. The molecule has 148 valence electrons. The zero-order valence-electron chi connectivity index (χ0n) is 14.9. The number of rotatable bonds is 5. The van der Waals surface area contributed by atoms with Crippen LogP contribution in [0, 0.1) is 10.1 Å². The Labute approximate surface area is 158 Å². The maximum Gasteiger partial charge on any atom is 0.270 e. The van der Waals surface area contributed by atoms with Gasteiger partial charge in [-0.25, -0.2) is 8.42 Å². The van der Waals surface area contributed by atoms with Crippen LogP contribution < -0.4 is 11.1 Å². The van der Waals surface area contributed by atoms with E-state index in [1.165, 1.54) is 18.2 Å². The highest BCUT2D eigenvalue weighted by Crippen LogP contribution is 2.28. The molecule has 1 saturated carbocycles. The molecule has 1 saturated heterocycles. The number of nitrogens with zero attached hydrogens (tertiary/aromatic N) is 2. The van der Waals surface area contributed by atoms with Crippen LogP contribution in [0.1, 0.15) is 38.5 Å². The lowest BCUT2D eigenvalue weighted by atomic mass is 9.91. The van der Waals surface area contributed by atoms with E-state index in [-0.39, 0.29) is 35.1 Å². The van der Waals surface area contributed by atoms with E-state index in [2.05, 4.69) is 5.32 Å². The van der Waals surface area contributed by atoms with Gasteiger partial charge in [0, 0.05) is 30.8 Å². The lowest BCUT2D eigenvalue weighted by molar-refractivity contribution is -0.385. The van der Waals surface area contributed by atoms with Crippen LogP contribution in [-0.4, -0.2) is 48.2 Å². The predicted molar refractivity (Wildman–Crippen MR) is 98.4 cm³/mol. The van der Waals surface area contributed by atoms with Crippen molar-refractivity contribution in [3.8, 4) is 0 Å². The third-order valence-corrected chi connectivity index (χ3v) is 7.16. The average molecular weight is 396 g/mol. The first kappa shape index (κ1) is 19.7. The van der Waals surface area contributed by atoms with Crippen molar-refractivity contribution in [2.75, 3.05) is 6.54 Å². The largest absolute Gasteiger partial charge is 0.352 e. The molecule has 1 atom stereocenters. The van der Waals surface area contributed by atoms with Crippen LogP contribution >= 0.6 is 0 Å². The maximum atomic E-state index is 13.0. The fourth-order valence-corrected chi connectivity index (χ4v) is 5.44. The predicted octanol–water partition coefficient (Wildman–Crippen LogP) is 1.13. The van der Waals surface area contributed by atoms with Gasteiger partial charge in [0.05, 0.1) is 9.82 Å². The molecule has 10 heteroatoms. The minimum atomic E-state index is -3.99. The minimum absolute atomic E-state index is 0.0141. The summed E-state index contributed by atoms with van der Waals surface area (Å²) in [5.41, 5.74) is 5.58. The van der Waals surface area contributed by atoms with Gasteiger partial charge in [-0.3, -0.25) is 14.9 Å². The Morgan fingerprint density at radius 3 is 2.59 bits per heavy atom. The number of amides is 1. The number of nitrogens with one attached hydrogen (secondary N) is 1. The molecule has 1 aromatic carbocycles. The molecule has 3 N–H and O–H groups in total. The monoisotopic (exact) mass is 396 g/mol. The molecule has 1 amide bonds. The number of carbonyl (C=O) groups excluding carboxylic acids is 1. The molecule has 1 heterocycles. The van der Waals surface area contributed by atoms with Crippen molar-refractivity contribution >= 4 is 21.6 Å². The standard InChI is InChI=1S/C17H24N4O5S/c18-12-6-8-13(9-7-12)19-17(22)16-5-2-10-20(16)27(25,26)15-4-1-3-14(11-15)21(23)24/h1,3-4,11-13,16H,2,5-10,18H2,(H,19,22). The van der Waals surface area contributed by atoms with Gasteiger partial charge in [-0.1, -0.05) is 6.07 Å². The zero-order chi connectivity index (χ0) is 19.6. The number of sulfonamides is 1. The molecule has 3 rings (SSSR count). The Bertz CT molecular complexity index is 820. The summed E-state index contributed by atoms with van der Waals surface area (Å²) in [6.45, 7) is 0.221. The molecule has 27 heavy (non-hydrogen) atoms. The summed E-state index contributed by atoms with van der Waals surface area (Å²) < 4.78 is 27.1. The van der Waals surface area contributed by atoms with Gasteiger partial charge in [0.25, 0.3) is 5.69 Å². The van der Waals surface area contributed by atoms with Crippen molar-refractivity contribution in [1.82, 2.24) is 9.62 Å². The first-order chi connectivity index (χ1) is 12.8. The fraction of sp³-hybridized carbons (Fsp3) is 0.588. The molecule has 0 spiro atoms. The fourth-order valence-electron chi connectivity index (χ4n) is 3.74. The summed E-state index contributed by atoms with van der Waals surface area (Å²) in [5.74, 6) is -0.304. The van der Waals surface area contributed by atoms with Crippen molar-refractivity contribution < 1.29 is 18.1 Å². The van der Waals surface area contributed by atoms with E-state index in [1.54, 1.807) is 0 Å². The molecule has 2 aliphatic rings. The summed E-state index contributed by atoms with van der Waals surface area (Å²) >= 11 is 0. The summed E-state index contributed by atoms with van der Waals surface area (Å²) in [6, 6.07) is 4.31. The second-order valence-electron chi connectivity index (χ2n) is 7.15. The highest BCUT2D eigenvalue weighted by atomic mass is 32.2. The molecule has 1 unspecified atom stereocenters. The van der Waals surface area contributed by atoms with Crippen molar-refractivity contribution in [2.45, 2.75) is 61.5 Å². The number of carbonyl (C=O) groups is 1. The van der Waals surface area contributed by atoms with Crippen molar-refractivity contribution in [3.05, 3.63) is 34.4 Å². The maximum absolute atomic E-state index is 13.0. The Morgan fingerprint density at radius 1 is 1.22 bits per heavy atom. The van der Waals surface area contributed by atoms with Gasteiger partial charge in [0.15, 0.2) is 0 Å². The van der Waals surface area contributed by atoms with Gasteiger partial charge in [-0.05, 0) is 44.6 Å². The first-order valence-corrected chi connectivity index (χ1v) is 10.6. The summed E-state index contributed by atoms with van der Waals surface area (Å²) in [7, 11) is -3.99. The Balaban J connectivity index is 1.75. The van der Waals surface area contributed by atoms with Crippen LogP contribution in [0.25, 0.3) is 0 Å². The lowest BCUT2D eigenvalue weighted by Gasteiger charge is -2.29. The Morgan fingerprint density at radius 2 is 1.93 bits per heavy atom. The van der Waals surface area contributed by atoms with Crippen LogP contribution in [0.15, 0.2) is 29.2 Å². The summed E-state index contributed by atoms with van der Waals surface area (Å²) in [5, 5.41) is 13.9. The summed E-state index contributed by atoms with van der Waals surface area (Å²) in [4.78, 5) is 22.8. The van der Waals surface area contributed by atoms with Crippen LogP contribution in [0.5, 0.6) is 0 Å². The smallest absolute Gasteiger partial charge is 0.270 e. The quantitative estimate of drug-likeness (QED) is 0.566. The topological polar surface area (TPSA) is 136 Å². The van der Waals surface area contributed by atoms with Crippen LogP contribution in [0.3, 0.4) is 0 Å². The van der Waals surface area contributed by atoms with E-state index in [9.17, 15) is 23.3 Å². The van der Waals surface area contributed by atoms with E-state index in [1.807, 2.05) is 0 Å². The third-order valence-electron chi connectivity index (χ3n) is 5.26. The van der Waals surface area contributed by atoms with E-state index in [0.717, 1.165) is 36.1 Å². The molecular weight excluding hydrogens is 372 g/mol. The van der Waals surface area contributed by atoms with Crippen LogP contribution in [0.2, 0.25) is 0 Å². The van der Waals surface area contributed by atoms with Crippen molar-refractivity contribution in [2.24, 2.45) is 5.73 Å². The van der Waals surface area contributed by atoms with E-state index in [4.69, 9.17) is 5.73 Å². The average Bonchev–Trinajstić information content (AvgIpc) is 3.14. The number of benzene rings is 1. The third kappa shape index (κ3) is 4.28. The number of hydrogen-bond donors (Lipinski definition) is 2. The highest BCUT2D eigenvalue weighted by Gasteiger charge is 2.40. The Hall–Kier alpha value is -2.04.